The van der Waals surface area contributed by atoms with Gasteiger partial charge in [0.25, 0.3) is 5.91 Å². The van der Waals surface area contributed by atoms with E-state index < -0.39 is 5.82 Å². The number of halogens is 1. The lowest BCUT2D eigenvalue weighted by molar-refractivity contribution is 0.0736. The number of hydrogen-bond donors (Lipinski definition) is 2. The summed E-state index contributed by atoms with van der Waals surface area (Å²) in [5.74, 6) is 0.0309. The Kier molecular flexibility index (Phi) is 6.24. The first-order chi connectivity index (χ1) is 16.6. The largest absolute Gasteiger partial charge is 0.488 e. The number of hydrogen-bond acceptors (Lipinski definition) is 7. The Morgan fingerprint density at radius 2 is 1.94 bits per heavy atom. The fourth-order valence-electron chi connectivity index (χ4n) is 3.91. The van der Waals surface area contributed by atoms with Gasteiger partial charge in [-0.05, 0) is 18.2 Å². The maximum absolute atomic E-state index is 14.5. The van der Waals surface area contributed by atoms with Crippen LogP contribution < -0.4 is 10.1 Å². The van der Waals surface area contributed by atoms with E-state index in [0.29, 0.717) is 53.3 Å². The van der Waals surface area contributed by atoms with Crippen molar-refractivity contribution in [2.45, 2.75) is 0 Å². The van der Waals surface area contributed by atoms with Gasteiger partial charge in [-0.25, -0.2) is 4.39 Å². The number of methoxy groups -OCH3 is 1. The predicted octanol–water partition coefficient (Wildman–Crippen LogP) is 3.09. The molecule has 0 aliphatic carbocycles. The van der Waals surface area contributed by atoms with Gasteiger partial charge in [0.1, 0.15) is 18.0 Å². The number of piperazine rings is 1. The number of rotatable bonds is 7. The minimum absolute atomic E-state index is 0.0180. The summed E-state index contributed by atoms with van der Waals surface area (Å²) in [5, 5.41) is 15.1. The van der Waals surface area contributed by atoms with E-state index in [1.165, 1.54) is 6.07 Å². The van der Waals surface area contributed by atoms with Crippen molar-refractivity contribution in [3.8, 4) is 28.5 Å². The van der Waals surface area contributed by atoms with Gasteiger partial charge in [-0.1, -0.05) is 17.3 Å². The molecular weight excluding hydrogens is 441 g/mol. The second-order valence-corrected chi connectivity index (χ2v) is 7.94. The van der Waals surface area contributed by atoms with Gasteiger partial charge in [0, 0.05) is 61.9 Å². The van der Waals surface area contributed by atoms with E-state index in [-0.39, 0.29) is 18.3 Å². The second kappa shape index (κ2) is 9.62. The van der Waals surface area contributed by atoms with Crippen LogP contribution >= 0.6 is 0 Å². The third-order valence-electron chi connectivity index (χ3n) is 5.74. The summed E-state index contributed by atoms with van der Waals surface area (Å²) in [5.41, 5.74) is 3.07. The highest BCUT2D eigenvalue weighted by Gasteiger charge is 2.20. The molecule has 4 aromatic rings. The Hall–Kier alpha value is -3.76. The zero-order chi connectivity index (χ0) is 23.5. The molecule has 176 valence electrons. The first-order valence-electron chi connectivity index (χ1n) is 11.0. The van der Waals surface area contributed by atoms with Gasteiger partial charge in [0.15, 0.2) is 17.3 Å². The van der Waals surface area contributed by atoms with Crippen LogP contribution in [0.25, 0.3) is 33.6 Å². The highest BCUT2D eigenvalue weighted by atomic mass is 19.1. The Labute approximate surface area is 194 Å². The highest BCUT2D eigenvalue weighted by molar-refractivity contribution is 5.95. The van der Waals surface area contributed by atoms with Crippen LogP contribution in [0.15, 0.2) is 47.0 Å². The lowest BCUT2D eigenvalue weighted by Crippen LogP contribution is -2.46. The number of benzene rings is 2. The van der Waals surface area contributed by atoms with Crippen molar-refractivity contribution in [1.29, 1.82) is 0 Å². The second-order valence-electron chi connectivity index (χ2n) is 7.94. The van der Waals surface area contributed by atoms with Crippen LogP contribution in [0.5, 0.6) is 5.75 Å². The summed E-state index contributed by atoms with van der Waals surface area (Å²) in [6.07, 6.45) is 0. The van der Waals surface area contributed by atoms with Crippen molar-refractivity contribution in [1.82, 2.24) is 25.6 Å². The number of aromatic nitrogens is 3. The Balaban J connectivity index is 1.35. The Morgan fingerprint density at radius 3 is 2.71 bits per heavy atom. The standard InChI is InChI=1S/C24H24FN5O4/c1-32-10-11-33-21-14-20-17(12-18(21)25)23(28-27-20)22-13-19(29-34-22)15-2-4-16(5-3-15)24(31)30-8-6-26-7-9-30/h2-5,12-14,26H,6-11H2,1H3,(H,27,28). The van der Waals surface area contributed by atoms with Gasteiger partial charge in [-0.15, -0.1) is 0 Å². The number of fused-ring (bicyclic) bond motifs is 1. The molecule has 0 saturated carbocycles. The molecule has 1 aliphatic rings. The number of amides is 1. The summed E-state index contributed by atoms with van der Waals surface area (Å²) in [6.45, 7) is 3.61. The SMILES string of the molecule is COCCOc1cc2[nH]nc(-c3cc(-c4ccc(C(=O)N5CCNCC5)cc4)no3)c2cc1F. The maximum atomic E-state index is 14.5. The predicted molar refractivity (Wildman–Crippen MR) is 123 cm³/mol. The molecule has 0 spiro atoms. The van der Waals surface area contributed by atoms with Crippen LogP contribution in [-0.4, -0.2) is 72.7 Å². The van der Waals surface area contributed by atoms with Crippen LogP contribution in [0.2, 0.25) is 0 Å². The van der Waals surface area contributed by atoms with Gasteiger partial charge >= 0.3 is 0 Å². The zero-order valence-corrected chi connectivity index (χ0v) is 18.6. The van der Waals surface area contributed by atoms with Crippen LogP contribution in [0.3, 0.4) is 0 Å². The average molecular weight is 465 g/mol. The topological polar surface area (TPSA) is 106 Å². The summed E-state index contributed by atoms with van der Waals surface area (Å²) >= 11 is 0. The molecule has 1 fully saturated rings. The molecule has 1 amide bonds. The van der Waals surface area contributed by atoms with Gasteiger partial charge in [0.2, 0.25) is 0 Å². The molecule has 2 N–H and O–H groups in total. The summed E-state index contributed by atoms with van der Waals surface area (Å²) < 4.78 is 30.4. The van der Waals surface area contributed by atoms with Crippen molar-refractivity contribution in [2.24, 2.45) is 0 Å². The fraction of sp³-hybridized carbons (Fsp3) is 0.292. The molecule has 10 heteroatoms. The molecule has 2 aromatic carbocycles. The number of carbonyl (C=O) groups is 1. The smallest absolute Gasteiger partial charge is 0.253 e. The minimum atomic E-state index is -0.504. The lowest BCUT2D eigenvalue weighted by atomic mass is 10.1. The quantitative estimate of drug-likeness (QED) is 0.404. The molecule has 0 radical (unpaired) electrons. The summed E-state index contributed by atoms with van der Waals surface area (Å²) in [7, 11) is 1.55. The molecule has 0 unspecified atom stereocenters. The number of nitrogens with one attached hydrogen (secondary N) is 2. The van der Waals surface area contributed by atoms with Crippen LogP contribution in [-0.2, 0) is 4.74 Å². The molecule has 9 nitrogen and oxygen atoms in total. The highest BCUT2D eigenvalue weighted by Crippen LogP contribution is 2.33. The van der Waals surface area contributed by atoms with Crippen molar-refractivity contribution in [3.05, 3.63) is 53.8 Å². The van der Waals surface area contributed by atoms with E-state index in [2.05, 4.69) is 20.7 Å². The third kappa shape index (κ3) is 4.37. The van der Waals surface area contributed by atoms with Crippen molar-refractivity contribution >= 4 is 16.8 Å². The number of H-pyrrole nitrogens is 1. The molecule has 1 aliphatic heterocycles. The van der Waals surface area contributed by atoms with Crippen molar-refractivity contribution in [2.75, 3.05) is 46.5 Å². The summed E-state index contributed by atoms with van der Waals surface area (Å²) in [4.78, 5) is 14.5. The molecule has 1 saturated heterocycles. The van der Waals surface area contributed by atoms with E-state index in [0.717, 1.165) is 18.7 Å². The molecule has 0 atom stereocenters. The minimum Gasteiger partial charge on any atom is -0.488 e. The van der Waals surface area contributed by atoms with Gasteiger partial charge in [-0.2, -0.15) is 5.10 Å². The first kappa shape index (κ1) is 22.1. The first-order valence-corrected chi connectivity index (χ1v) is 11.0. The van der Waals surface area contributed by atoms with Gasteiger partial charge in [0.05, 0.1) is 12.1 Å². The van der Waals surface area contributed by atoms with E-state index >= 15 is 0 Å². The van der Waals surface area contributed by atoms with Gasteiger partial charge in [-0.3, -0.25) is 9.89 Å². The van der Waals surface area contributed by atoms with Crippen LogP contribution in [0, 0.1) is 5.82 Å². The van der Waals surface area contributed by atoms with E-state index in [9.17, 15) is 9.18 Å². The molecular formula is C24H24FN5O4. The van der Waals surface area contributed by atoms with E-state index in [4.69, 9.17) is 14.0 Å². The van der Waals surface area contributed by atoms with Gasteiger partial charge < -0.3 is 24.2 Å². The monoisotopic (exact) mass is 465 g/mol. The van der Waals surface area contributed by atoms with Crippen molar-refractivity contribution < 1.29 is 23.2 Å². The maximum Gasteiger partial charge on any atom is 0.253 e. The van der Waals surface area contributed by atoms with E-state index in [1.807, 2.05) is 17.0 Å². The average Bonchev–Trinajstić information content (AvgIpc) is 3.51. The number of nitrogens with zero attached hydrogens (tertiary/aromatic N) is 3. The lowest BCUT2D eigenvalue weighted by Gasteiger charge is -2.27. The third-order valence-corrected chi connectivity index (χ3v) is 5.74. The Bertz CT molecular complexity index is 1290. The zero-order valence-electron chi connectivity index (χ0n) is 18.6. The Morgan fingerprint density at radius 1 is 1.15 bits per heavy atom. The van der Waals surface area contributed by atoms with E-state index in [1.54, 1.807) is 31.4 Å². The van der Waals surface area contributed by atoms with Crippen LogP contribution in [0.1, 0.15) is 10.4 Å². The van der Waals surface area contributed by atoms with Crippen molar-refractivity contribution in [3.63, 3.8) is 0 Å². The normalized spacial score (nSPS) is 14.0. The van der Waals surface area contributed by atoms with Crippen LogP contribution in [0.4, 0.5) is 4.39 Å². The summed E-state index contributed by atoms with van der Waals surface area (Å²) in [6, 6.07) is 11.9. The number of aromatic amines is 1. The molecule has 2 aromatic heterocycles. The molecule has 0 bridgehead atoms. The number of carbonyl (C=O) groups excluding carboxylic acids is 1. The molecule has 3 heterocycles. The fourth-order valence-corrected chi connectivity index (χ4v) is 3.91. The molecule has 34 heavy (non-hydrogen) atoms. The molecule has 5 rings (SSSR count). The number of ether oxygens (including phenoxy) is 2.